The van der Waals surface area contributed by atoms with Crippen LogP contribution in [0.1, 0.15) is 22.4 Å². The van der Waals surface area contributed by atoms with Gasteiger partial charge in [-0.3, -0.25) is 4.90 Å². The van der Waals surface area contributed by atoms with Gasteiger partial charge < -0.3 is 19.5 Å². The smallest absolute Gasteiger partial charge is 0.416 e. The Morgan fingerprint density at radius 2 is 1.79 bits per heavy atom. The SMILES string of the molecule is O=C(O)N1Cc2ccc(Oc3cnc(C4=CN(c5ccc(C(F)(F)F)cc5)CO4)cn3)cc2C1. The number of alkyl halides is 3. The molecule has 0 spiro atoms. The Hall–Kier alpha value is -4.28. The van der Waals surface area contributed by atoms with Crippen molar-refractivity contribution in [3.63, 3.8) is 0 Å². The van der Waals surface area contributed by atoms with Crippen LogP contribution < -0.4 is 9.64 Å². The normalized spacial score (nSPS) is 15.1. The van der Waals surface area contributed by atoms with Crippen LogP contribution in [0.25, 0.3) is 5.76 Å². The standard InChI is InChI=1S/C23H17F3N4O4/c24-23(25,26)16-2-4-17(5-3-16)30-12-20(33-13-30)19-8-28-21(9-27-19)34-18-6-1-14-10-29(22(31)32)11-15(14)7-18/h1-9,12H,10-11,13H2,(H,31,32). The number of hydrogen-bond donors (Lipinski definition) is 1. The number of ether oxygens (including phenoxy) is 2. The molecule has 0 saturated heterocycles. The third kappa shape index (κ3) is 4.32. The second-order valence-corrected chi connectivity index (χ2v) is 7.69. The molecule has 8 nitrogen and oxygen atoms in total. The van der Waals surface area contributed by atoms with Crippen LogP contribution in [0.3, 0.4) is 0 Å². The maximum Gasteiger partial charge on any atom is 0.416 e. The number of amides is 1. The van der Waals surface area contributed by atoms with E-state index in [1.165, 1.54) is 29.4 Å². The lowest BCUT2D eigenvalue weighted by Crippen LogP contribution is -2.22. The minimum Gasteiger partial charge on any atom is -0.469 e. The summed E-state index contributed by atoms with van der Waals surface area (Å²) in [5, 5.41) is 9.14. The summed E-state index contributed by atoms with van der Waals surface area (Å²) in [5.41, 5.74) is 2.07. The summed E-state index contributed by atoms with van der Waals surface area (Å²) in [6, 6.07) is 10.1. The molecule has 11 heteroatoms. The number of rotatable bonds is 4. The molecule has 34 heavy (non-hydrogen) atoms. The Balaban J connectivity index is 1.25. The van der Waals surface area contributed by atoms with Gasteiger partial charge in [0.2, 0.25) is 5.88 Å². The van der Waals surface area contributed by atoms with E-state index < -0.39 is 17.8 Å². The van der Waals surface area contributed by atoms with Crippen LogP contribution in [0, 0.1) is 0 Å². The number of halogens is 3. The monoisotopic (exact) mass is 470 g/mol. The van der Waals surface area contributed by atoms with E-state index in [4.69, 9.17) is 14.6 Å². The van der Waals surface area contributed by atoms with Crippen LogP contribution in [0.5, 0.6) is 11.6 Å². The molecule has 1 amide bonds. The minimum absolute atomic E-state index is 0.128. The van der Waals surface area contributed by atoms with Crippen molar-refractivity contribution in [2.24, 2.45) is 0 Å². The van der Waals surface area contributed by atoms with Crippen molar-refractivity contribution in [2.75, 3.05) is 11.6 Å². The first-order valence-corrected chi connectivity index (χ1v) is 10.1. The number of hydrogen-bond acceptors (Lipinski definition) is 6. The number of nitrogens with zero attached hydrogens (tertiary/aromatic N) is 4. The molecule has 0 atom stereocenters. The molecular formula is C23H17F3N4O4. The lowest BCUT2D eigenvalue weighted by molar-refractivity contribution is -0.137. The highest BCUT2D eigenvalue weighted by atomic mass is 19.4. The zero-order valence-electron chi connectivity index (χ0n) is 17.5. The third-order valence-corrected chi connectivity index (χ3v) is 5.43. The number of aromatic nitrogens is 2. The van der Waals surface area contributed by atoms with E-state index in [2.05, 4.69) is 9.97 Å². The van der Waals surface area contributed by atoms with Crippen molar-refractivity contribution in [2.45, 2.75) is 19.3 Å². The van der Waals surface area contributed by atoms with Gasteiger partial charge in [-0.05, 0) is 47.5 Å². The maximum absolute atomic E-state index is 12.8. The predicted molar refractivity (Wildman–Crippen MR) is 114 cm³/mol. The summed E-state index contributed by atoms with van der Waals surface area (Å²) in [6.45, 7) is 0.772. The quantitative estimate of drug-likeness (QED) is 0.569. The Kier molecular flexibility index (Phi) is 5.23. The molecule has 0 bridgehead atoms. The number of carboxylic acid groups (broad SMARTS) is 1. The molecule has 1 N–H and O–H groups in total. The van der Waals surface area contributed by atoms with Gasteiger partial charge in [0.15, 0.2) is 12.5 Å². The molecular weight excluding hydrogens is 453 g/mol. The van der Waals surface area contributed by atoms with E-state index >= 15 is 0 Å². The van der Waals surface area contributed by atoms with E-state index in [9.17, 15) is 18.0 Å². The van der Waals surface area contributed by atoms with Gasteiger partial charge in [-0.15, -0.1) is 0 Å². The second kappa shape index (κ2) is 8.25. The first-order valence-electron chi connectivity index (χ1n) is 10.1. The van der Waals surface area contributed by atoms with Crippen LogP contribution in [-0.2, 0) is 24.0 Å². The van der Waals surface area contributed by atoms with Gasteiger partial charge in [-0.1, -0.05) is 6.07 Å². The summed E-state index contributed by atoms with van der Waals surface area (Å²) in [6.07, 6.45) is -0.824. The molecule has 3 aromatic rings. The number of benzene rings is 2. The molecule has 0 radical (unpaired) electrons. The Bertz CT molecular complexity index is 1260. The van der Waals surface area contributed by atoms with Gasteiger partial charge in [0, 0.05) is 18.8 Å². The average Bonchev–Trinajstić information content (AvgIpc) is 3.47. The van der Waals surface area contributed by atoms with Crippen molar-refractivity contribution in [3.8, 4) is 11.6 Å². The molecule has 1 aromatic heterocycles. The molecule has 0 unspecified atom stereocenters. The van der Waals surface area contributed by atoms with Crippen LogP contribution in [0.15, 0.2) is 61.1 Å². The lowest BCUT2D eigenvalue weighted by Gasteiger charge is -2.14. The van der Waals surface area contributed by atoms with Gasteiger partial charge in [0.1, 0.15) is 11.4 Å². The molecule has 2 aliphatic rings. The van der Waals surface area contributed by atoms with Crippen molar-refractivity contribution in [3.05, 3.63) is 83.4 Å². The molecule has 0 aliphatic carbocycles. The molecule has 3 heterocycles. The Morgan fingerprint density at radius 3 is 2.47 bits per heavy atom. The summed E-state index contributed by atoms with van der Waals surface area (Å²) < 4.78 is 49.6. The van der Waals surface area contributed by atoms with Crippen molar-refractivity contribution in [1.29, 1.82) is 0 Å². The van der Waals surface area contributed by atoms with E-state index in [1.54, 1.807) is 23.2 Å². The summed E-state index contributed by atoms with van der Waals surface area (Å²) in [7, 11) is 0. The first-order chi connectivity index (χ1) is 16.3. The Morgan fingerprint density at radius 1 is 1.03 bits per heavy atom. The van der Waals surface area contributed by atoms with E-state index in [0.29, 0.717) is 36.0 Å². The maximum atomic E-state index is 12.8. The van der Waals surface area contributed by atoms with E-state index in [0.717, 1.165) is 23.3 Å². The zero-order valence-corrected chi connectivity index (χ0v) is 17.5. The molecule has 2 aliphatic heterocycles. The lowest BCUT2D eigenvalue weighted by atomic mass is 10.1. The molecule has 174 valence electrons. The zero-order chi connectivity index (χ0) is 23.9. The van der Waals surface area contributed by atoms with Crippen LogP contribution >= 0.6 is 0 Å². The van der Waals surface area contributed by atoms with Crippen LogP contribution in [-0.4, -0.2) is 32.8 Å². The number of anilines is 1. The molecule has 2 aromatic carbocycles. The van der Waals surface area contributed by atoms with Crippen LogP contribution in [0.4, 0.5) is 23.7 Å². The molecule has 0 fully saturated rings. The largest absolute Gasteiger partial charge is 0.469 e. The summed E-state index contributed by atoms with van der Waals surface area (Å²) in [4.78, 5) is 22.7. The first kappa shape index (κ1) is 21.6. The summed E-state index contributed by atoms with van der Waals surface area (Å²) in [5.74, 6) is 1.18. The van der Waals surface area contributed by atoms with Gasteiger partial charge in [0.05, 0.1) is 24.2 Å². The third-order valence-electron chi connectivity index (χ3n) is 5.43. The van der Waals surface area contributed by atoms with Crippen LogP contribution in [0.2, 0.25) is 0 Å². The minimum atomic E-state index is -4.39. The highest BCUT2D eigenvalue weighted by molar-refractivity contribution is 5.67. The highest BCUT2D eigenvalue weighted by Crippen LogP contribution is 2.33. The average molecular weight is 470 g/mol. The second-order valence-electron chi connectivity index (χ2n) is 7.69. The topological polar surface area (TPSA) is 88.0 Å². The number of fused-ring (bicyclic) bond motifs is 1. The van der Waals surface area contributed by atoms with Crippen molar-refractivity contribution < 1.29 is 32.5 Å². The fourth-order valence-electron chi connectivity index (χ4n) is 3.67. The van der Waals surface area contributed by atoms with Crippen molar-refractivity contribution in [1.82, 2.24) is 14.9 Å². The van der Waals surface area contributed by atoms with Gasteiger partial charge >= 0.3 is 12.3 Å². The Labute approximate surface area is 191 Å². The predicted octanol–water partition coefficient (Wildman–Crippen LogP) is 5.07. The number of carbonyl (C=O) groups is 1. The molecule has 0 saturated carbocycles. The highest BCUT2D eigenvalue weighted by Gasteiger charge is 2.30. The van der Waals surface area contributed by atoms with Gasteiger partial charge in [-0.25, -0.2) is 14.8 Å². The fourth-order valence-corrected chi connectivity index (χ4v) is 3.67. The van der Waals surface area contributed by atoms with Crippen molar-refractivity contribution >= 4 is 17.5 Å². The fraction of sp³-hybridized carbons (Fsp3) is 0.174. The molecule has 5 rings (SSSR count). The van der Waals surface area contributed by atoms with Gasteiger partial charge in [-0.2, -0.15) is 13.2 Å². The van der Waals surface area contributed by atoms with E-state index in [1.807, 2.05) is 6.07 Å². The summed E-state index contributed by atoms with van der Waals surface area (Å²) >= 11 is 0. The van der Waals surface area contributed by atoms with Gasteiger partial charge in [0.25, 0.3) is 0 Å². The van der Waals surface area contributed by atoms with E-state index in [-0.39, 0.29) is 12.6 Å².